The van der Waals surface area contributed by atoms with Crippen LogP contribution in [0.4, 0.5) is 0 Å². The maximum absolute atomic E-state index is 3.25. The average Bonchev–Trinajstić information content (AvgIpc) is 2.34. The zero-order chi connectivity index (χ0) is 19.1. The van der Waals surface area contributed by atoms with Gasteiger partial charge < -0.3 is 0 Å². The normalized spacial score (nSPS) is 31.4. The molecule has 0 N–H and O–H groups in total. The highest BCUT2D eigenvalue weighted by Gasteiger charge is 2.43. The van der Waals surface area contributed by atoms with Gasteiger partial charge in [0.1, 0.15) is 0 Å². The van der Waals surface area contributed by atoms with E-state index in [1.807, 2.05) is 0 Å². The first-order chi connectivity index (χ1) is 10.5. The molecule has 0 bridgehead atoms. The fourth-order valence-corrected chi connectivity index (χ4v) is 9.29. The van der Waals surface area contributed by atoms with Gasteiger partial charge in [0.15, 0.2) is 0 Å². The molecular weight excluding hydrogens is 326 g/mol. The molecule has 24 heavy (non-hydrogen) atoms. The van der Waals surface area contributed by atoms with Crippen LogP contribution in [-0.4, -0.2) is 22.1 Å². The molecule has 0 saturated heterocycles. The first kappa shape index (κ1) is 22.9. The smallest absolute Gasteiger partial charge is 0.0175 e. The molecule has 0 spiro atoms. The third-order valence-electron chi connectivity index (χ3n) is 6.39. The van der Waals surface area contributed by atoms with E-state index < -0.39 is 0 Å². The van der Waals surface area contributed by atoms with E-state index in [0.717, 1.165) is 29.3 Å². The Morgan fingerprint density at radius 2 is 1.25 bits per heavy atom. The number of hydrogen-bond acceptors (Lipinski definition) is 0. The Labute approximate surface area is 157 Å². The standard InChI is InChI=1S/C22H46P2/c1-15-12-17(14-24(21(6,7)8)22(9,10)11)18(13-16(15)2)19(23)20(3,4)5/h15-19H,12-14,23H2,1-11H3. The molecule has 1 rings (SSSR count). The van der Waals surface area contributed by atoms with Gasteiger partial charge in [-0.1, -0.05) is 84.1 Å². The van der Waals surface area contributed by atoms with Gasteiger partial charge in [0.25, 0.3) is 0 Å². The molecule has 0 aromatic rings. The zero-order valence-electron chi connectivity index (χ0n) is 18.5. The van der Waals surface area contributed by atoms with Crippen molar-refractivity contribution in [2.24, 2.45) is 29.1 Å². The molecule has 6 unspecified atom stereocenters. The quantitative estimate of drug-likeness (QED) is 0.446. The van der Waals surface area contributed by atoms with Gasteiger partial charge in [-0.05, 0) is 64.1 Å². The summed E-state index contributed by atoms with van der Waals surface area (Å²) in [6.07, 6.45) is 4.33. The van der Waals surface area contributed by atoms with E-state index in [0.29, 0.717) is 15.7 Å². The van der Waals surface area contributed by atoms with Crippen molar-refractivity contribution >= 4 is 17.2 Å². The lowest BCUT2D eigenvalue weighted by atomic mass is 9.65. The van der Waals surface area contributed by atoms with Crippen LogP contribution in [0.2, 0.25) is 0 Å². The third-order valence-corrected chi connectivity index (χ3v) is 12.0. The second-order valence-corrected chi connectivity index (χ2v) is 16.3. The molecule has 2 heteroatoms. The van der Waals surface area contributed by atoms with E-state index >= 15 is 0 Å². The van der Waals surface area contributed by atoms with Crippen LogP contribution in [0.3, 0.4) is 0 Å². The van der Waals surface area contributed by atoms with E-state index in [1.54, 1.807) is 0 Å². The van der Waals surface area contributed by atoms with Gasteiger partial charge in [0.05, 0.1) is 0 Å². The minimum absolute atomic E-state index is 0.00456. The van der Waals surface area contributed by atoms with Crippen LogP contribution in [0.15, 0.2) is 0 Å². The Bertz CT molecular complexity index is 380. The molecule has 1 saturated carbocycles. The summed E-state index contributed by atoms with van der Waals surface area (Å²) in [4.78, 5) is 0. The summed E-state index contributed by atoms with van der Waals surface area (Å²) in [6, 6.07) is 0. The molecule has 6 atom stereocenters. The number of rotatable bonds is 3. The van der Waals surface area contributed by atoms with Crippen LogP contribution >= 0.6 is 17.2 Å². The molecule has 0 nitrogen and oxygen atoms in total. The second kappa shape index (κ2) is 7.85. The third kappa shape index (κ3) is 5.95. The molecule has 0 heterocycles. The summed E-state index contributed by atoms with van der Waals surface area (Å²) >= 11 is 0. The Hall–Kier alpha value is 0.860. The van der Waals surface area contributed by atoms with Crippen LogP contribution in [0.25, 0.3) is 0 Å². The molecule has 0 aliphatic heterocycles. The molecule has 1 aliphatic carbocycles. The summed E-state index contributed by atoms with van der Waals surface area (Å²) in [5.41, 5.74) is 1.12. The fraction of sp³-hybridized carbons (Fsp3) is 1.00. The van der Waals surface area contributed by atoms with E-state index in [2.05, 4.69) is 85.4 Å². The second-order valence-electron chi connectivity index (χ2n) is 11.7. The highest BCUT2D eigenvalue weighted by molar-refractivity contribution is 7.60. The Balaban J connectivity index is 3.10. The maximum Gasteiger partial charge on any atom is -0.0175 e. The van der Waals surface area contributed by atoms with Crippen molar-refractivity contribution in [1.29, 1.82) is 0 Å². The summed E-state index contributed by atoms with van der Waals surface area (Å²) in [6.45, 7) is 27.2. The van der Waals surface area contributed by atoms with Crippen LogP contribution < -0.4 is 0 Å². The van der Waals surface area contributed by atoms with E-state index in [9.17, 15) is 0 Å². The minimum atomic E-state index is 0.00456. The molecule has 0 radical (unpaired) electrons. The highest BCUT2D eigenvalue weighted by Crippen LogP contribution is 2.62. The van der Waals surface area contributed by atoms with Gasteiger partial charge in [-0.2, -0.15) is 0 Å². The first-order valence-electron chi connectivity index (χ1n) is 10.1. The van der Waals surface area contributed by atoms with Gasteiger partial charge in [0, 0.05) is 0 Å². The Morgan fingerprint density at radius 1 is 0.833 bits per heavy atom. The largest absolute Gasteiger partial charge is 0.134 e. The predicted molar refractivity (Wildman–Crippen MR) is 119 cm³/mol. The van der Waals surface area contributed by atoms with Crippen molar-refractivity contribution in [2.45, 2.75) is 105 Å². The topological polar surface area (TPSA) is 0 Å². The number of hydrogen-bond donors (Lipinski definition) is 0. The van der Waals surface area contributed by atoms with Crippen LogP contribution in [-0.2, 0) is 0 Å². The predicted octanol–water partition coefficient (Wildman–Crippen LogP) is 7.65. The van der Waals surface area contributed by atoms with Gasteiger partial charge in [-0.15, -0.1) is 9.24 Å². The van der Waals surface area contributed by atoms with Crippen molar-refractivity contribution < 1.29 is 0 Å². The van der Waals surface area contributed by atoms with Crippen molar-refractivity contribution in [3.05, 3.63) is 0 Å². The fourth-order valence-electron chi connectivity index (χ4n) is 4.82. The Kier molecular flexibility index (Phi) is 7.49. The molecule has 0 aromatic carbocycles. The van der Waals surface area contributed by atoms with Gasteiger partial charge in [-0.25, -0.2) is 0 Å². The maximum atomic E-state index is 3.25. The van der Waals surface area contributed by atoms with Crippen LogP contribution in [0.1, 0.15) is 89.0 Å². The first-order valence-corrected chi connectivity index (χ1v) is 12.3. The van der Waals surface area contributed by atoms with Crippen LogP contribution in [0.5, 0.6) is 0 Å². The lowest BCUT2D eigenvalue weighted by Gasteiger charge is -2.50. The summed E-state index contributed by atoms with van der Waals surface area (Å²) in [7, 11) is 3.26. The van der Waals surface area contributed by atoms with Gasteiger partial charge in [-0.3, -0.25) is 0 Å². The zero-order valence-corrected chi connectivity index (χ0v) is 20.6. The van der Waals surface area contributed by atoms with Gasteiger partial charge >= 0.3 is 0 Å². The SMILES string of the molecule is CC1CC(CP(C(C)(C)C)C(C)(C)C)C(C(P)C(C)(C)C)CC1C. The average molecular weight is 373 g/mol. The summed E-state index contributed by atoms with van der Waals surface area (Å²) in [5, 5.41) is 0.894. The van der Waals surface area contributed by atoms with Crippen molar-refractivity contribution in [1.82, 2.24) is 0 Å². The van der Waals surface area contributed by atoms with Crippen molar-refractivity contribution in [3.63, 3.8) is 0 Å². The molecule has 1 fully saturated rings. The molecule has 0 amide bonds. The molecule has 1 aliphatic rings. The van der Waals surface area contributed by atoms with E-state index in [1.165, 1.54) is 19.0 Å². The van der Waals surface area contributed by atoms with Crippen LogP contribution in [0, 0.1) is 29.1 Å². The summed E-state index contributed by atoms with van der Waals surface area (Å²) < 4.78 is 0. The molecular formula is C22H46P2. The minimum Gasteiger partial charge on any atom is -0.134 e. The lowest BCUT2D eigenvalue weighted by Crippen LogP contribution is -2.42. The lowest BCUT2D eigenvalue weighted by molar-refractivity contribution is 0.115. The molecule has 144 valence electrons. The van der Waals surface area contributed by atoms with Gasteiger partial charge in [0.2, 0.25) is 0 Å². The monoisotopic (exact) mass is 372 g/mol. The Morgan fingerprint density at radius 3 is 1.62 bits per heavy atom. The van der Waals surface area contributed by atoms with Crippen molar-refractivity contribution in [3.8, 4) is 0 Å². The van der Waals surface area contributed by atoms with E-state index in [4.69, 9.17) is 0 Å². The van der Waals surface area contributed by atoms with E-state index in [-0.39, 0.29) is 7.92 Å². The molecule has 0 aromatic heterocycles. The van der Waals surface area contributed by atoms with Crippen molar-refractivity contribution in [2.75, 3.05) is 6.16 Å². The highest BCUT2D eigenvalue weighted by atomic mass is 31.1. The summed E-state index contributed by atoms with van der Waals surface area (Å²) in [5.74, 6) is 3.55.